The minimum atomic E-state index is -0.470. The Morgan fingerprint density at radius 3 is 2.52 bits per heavy atom. The zero-order chi connectivity index (χ0) is 19.7. The monoisotopic (exact) mass is 372 g/mol. The normalized spacial score (nSPS) is 30.9. The molecule has 2 heterocycles. The Kier molecular flexibility index (Phi) is 5.66. The van der Waals surface area contributed by atoms with E-state index < -0.39 is 5.60 Å². The molecule has 2 bridgehead atoms. The number of fused-ring (bicyclic) bond motifs is 2. The van der Waals surface area contributed by atoms with E-state index in [1.165, 1.54) is 5.57 Å². The van der Waals surface area contributed by atoms with Crippen LogP contribution in [0.25, 0.3) is 0 Å². The summed E-state index contributed by atoms with van der Waals surface area (Å²) in [6.07, 6.45) is 6.83. The van der Waals surface area contributed by atoms with Crippen LogP contribution >= 0.6 is 0 Å². The van der Waals surface area contributed by atoms with Crippen molar-refractivity contribution in [2.45, 2.75) is 77.1 Å². The summed E-state index contributed by atoms with van der Waals surface area (Å²) >= 11 is 0. The molecule has 0 radical (unpaired) electrons. The number of methoxy groups -OCH3 is 1. The molecule has 27 heavy (non-hydrogen) atoms. The number of rotatable bonds is 4. The molecule has 0 aromatic heterocycles. The van der Waals surface area contributed by atoms with Gasteiger partial charge >= 0.3 is 5.97 Å². The molecule has 2 aliphatic heterocycles. The Bertz CT molecular complexity index is 706. The number of esters is 1. The van der Waals surface area contributed by atoms with Gasteiger partial charge in [0.1, 0.15) is 17.5 Å². The van der Waals surface area contributed by atoms with Crippen LogP contribution in [0.2, 0.25) is 0 Å². The molecule has 3 atom stereocenters. The number of carbonyl (C=O) groups is 1. The lowest BCUT2D eigenvalue weighted by atomic mass is 9.80. The first kappa shape index (κ1) is 19.9. The Hall–Kier alpha value is -1.81. The second-order valence-electron chi connectivity index (χ2n) is 8.58. The molecular formula is C23H32O4. The molecule has 3 rings (SSSR count). The Morgan fingerprint density at radius 2 is 1.89 bits per heavy atom. The molecule has 0 amide bonds. The summed E-state index contributed by atoms with van der Waals surface area (Å²) in [7, 11) is 1.61. The summed E-state index contributed by atoms with van der Waals surface area (Å²) in [4.78, 5) is 12.9. The quantitative estimate of drug-likeness (QED) is 0.530. The first-order valence-corrected chi connectivity index (χ1v) is 10.0. The van der Waals surface area contributed by atoms with E-state index >= 15 is 0 Å². The van der Waals surface area contributed by atoms with Crippen molar-refractivity contribution in [2.24, 2.45) is 5.92 Å². The molecule has 4 nitrogen and oxygen atoms in total. The molecular weight excluding hydrogens is 340 g/mol. The third-order valence-electron chi connectivity index (χ3n) is 6.21. The summed E-state index contributed by atoms with van der Waals surface area (Å²) < 4.78 is 18.0. The van der Waals surface area contributed by atoms with Gasteiger partial charge in [-0.1, -0.05) is 19.4 Å². The third kappa shape index (κ3) is 4.06. The topological polar surface area (TPSA) is 44.8 Å². The zero-order valence-electron chi connectivity index (χ0n) is 17.2. The maximum absolute atomic E-state index is 12.9. The van der Waals surface area contributed by atoms with Crippen LogP contribution in [0.3, 0.4) is 0 Å². The number of benzene rings is 1. The second-order valence-corrected chi connectivity index (χ2v) is 8.58. The minimum Gasteiger partial charge on any atom is -0.497 e. The lowest BCUT2D eigenvalue weighted by Gasteiger charge is -2.40. The van der Waals surface area contributed by atoms with E-state index in [1.54, 1.807) is 31.4 Å². The van der Waals surface area contributed by atoms with Crippen LogP contribution in [-0.4, -0.2) is 30.4 Å². The van der Waals surface area contributed by atoms with E-state index in [-0.39, 0.29) is 23.6 Å². The van der Waals surface area contributed by atoms with Crippen molar-refractivity contribution in [3.63, 3.8) is 0 Å². The van der Waals surface area contributed by atoms with E-state index in [0.717, 1.165) is 37.9 Å². The van der Waals surface area contributed by atoms with Crippen LogP contribution in [0.5, 0.6) is 5.75 Å². The van der Waals surface area contributed by atoms with Gasteiger partial charge in [-0.05, 0) is 82.2 Å². The van der Waals surface area contributed by atoms with Gasteiger partial charge in [0.05, 0.1) is 18.3 Å². The first-order chi connectivity index (χ1) is 12.8. The van der Waals surface area contributed by atoms with Crippen LogP contribution in [-0.2, 0) is 9.47 Å². The van der Waals surface area contributed by atoms with Crippen LogP contribution in [0, 0.1) is 5.92 Å². The fraction of sp³-hybridized carbons (Fsp3) is 0.609. The molecule has 0 saturated carbocycles. The highest BCUT2D eigenvalue weighted by Crippen LogP contribution is 2.48. The third-order valence-corrected chi connectivity index (χ3v) is 6.21. The molecule has 148 valence electrons. The van der Waals surface area contributed by atoms with E-state index in [4.69, 9.17) is 14.2 Å². The van der Waals surface area contributed by atoms with Gasteiger partial charge in [0.15, 0.2) is 0 Å². The van der Waals surface area contributed by atoms with Gasteiger partial charge in [0, 0.05) is 0 Å². The van der Waals surface area contributed by atoms with Crippen LogP contribution in [0.1, 0.15) is 70.2 Å². The SMILES string of the molecule is COc1ccc(C(=O)O[C@H]2C=C(C)CCC[C@@]3(C)CC[C@]2(C(C)C)O3)cc1. The largest absolute Gasteiger partial charge is 0.497 e. The van der Waals surface area contributed by atoms with Gasteiger partial charge in [0.2, 0.25) is 0 Å². The van der Waals surface area contributed by atoms with E-state index in [1.807, 2.05) is 0 Å². The molecule has 0 unspecified atom stereocenters. The maximum atomic E-state index is 12.9. The number of ether oxygens (including phenoxy) is 3. The minimum absolute atomic E-state index is 0.131. The predicted octanol–water partition coefficient (Wildman–Crippen LogP) is 5.31. The molecule has 1 aromatic carbocycles. The average Bonchev–Trinajstić information content (AvgIpc) is 3.01. The average molecular weight is 373 g/mol. The fourth-order valence-electron chi connectivity index (χ4n) is 4.40. The van der Waals surface area contributed by atoms with Crippen molar-refractivity contribution in [2.75, 3.05) is 7.11 Å². The zero-order valence-corrected chi connectivity index (χ0v) is 17.2. The van der Waals surface area contributed by atoms with Crippen molar-refractivity contribution in [1.29, 1.82) is 0 Å². The highest BCUT2D eigenvalue weighted by atomic mass is 16.6. The van der Waals surface area contributed by atoms with Crippen LogP contribution in [0.4, 0.5) is 0 Å². The van der Waals surface area contributed by atoms with Gasteiger partial charge in [-0.2, -0.15) is 0 Å². The van der Waals surface area contributed by atoms with E-state index in [0.29, 0.717) is 5.56 Å². The molecule has 0 spiro atoms. The van der Waals surface area contributed by atoms with Gasteiger partial charge in [-0.25, -0.2) is 4.79 Å². The number of allylic oxidation sites excluding steroid dienone is 1. The predicted molar refractivity (Wildman–Crippen MR) is 106 cm³/mol. The first-order valence-electron chi connectivity index (χ1n) is 10.0. The Morgan fingerprint density at radius 1 is 1.19 bits per heavy atom. The highest BCUT2D eigenvalue weighted by Gasteiger charge is 2.54. The van der Waals surface area contributed by atoms with Crippen molar-refractivity contribution >= 4 is 5.97 Å². The van der Waals surface area contributed by atoms with Crippen molar-refractivity contribution in [3.05, 3.63) is 41.5 Å². The molecule has 0 aliphatic carbocycles. The van der Waals surface area contributed by atoms with Crippen molar-refractivity contribution < 1.29 is 19.0 Å². The van der Waals surface area contributed by atoms with Crippen LogP contribution < -0.4 is 4.74 Å². The summed E-state index contributed by atoms with van der Waals surface area (Å²) in [6.45, 7) is 8.67. The highest BCUT2D eigenvalue weighted by molar-refractivity contribution is 5.89. The lowest BCUT2D eigenvalue weighted by molar-refractivity contribution is -0.163. The Balaban J connectivity index is 1.91. The molecule has 1 aromatic rings. The number of hydrogen-bond acceptors (Lipinski definition) is 4. The Labute approximate surface area is 162 Å². The van der Waals surface area contributed by atoms with Gasteiger partial charge in [0.25, 0.3) is 0 Å². The summed E-state index contributed by atoms with van der Waals surface area (Å²) in [5, 5.41) is 0. The fourth-order valence-corrected chi connectivity index (χ4v) is 4.40. The lowest BCUT2D eigenvalue weighted by Crippen LogP contribution is -2.49. The standard InChI is InChI=1S/C23H32O4/c1-16(2)23-14-13-22(4,27-23)12-6-7-17(3)15-20(23)26-21(24)18-8-10-19(25-5)11-9-18/h8-11,15-16,20H,6-7,12-14H2,1-5H3/t20-,22-,23+/m0/s1. The van der Waals surface area contributed by atoms with Crippen molar-refractivity contribution in [1.82, 2.24) is 0 Å². The maximum Gasteiger partial charge on any atom is 0.338 e. The summed E-state index contributed by atoms with van der Waals surface area (Å²) in [5.74, 6) is 0.650. The van der Waals surface area contributed by atoms with E-state index in [2.05, 4.69) is 33.8 Å². The molecule has 1 fully saturated rings. The second kappa shape index (κ2) is 7.67. The van der Waals surface area contributed by atoms with Crippen molar-refractivity contribution in [3.8, 4) is 5.75 Å². The van der Waals surface area contributed by atoms with Crippen LogP contribution in [0.15, 0.2) is 35.9 Å². The number of hydrogen-bond donors (Lipinski definition) is 0. The molecule has 4 heteroatoms. The van der Waals surface area contributed by atoms with Gasteiger partial charge in [-0.3, -0.25) is 0 Å². The smallest absolute Gasteiger partial charge is 0.338 e. The van der Waals surface area contributed by atoms with E-state index in [9.17, 15) is 4.79 Å². The molecule has 1 saturated heterocycles. The summed E-state index contributed by atoms with van der Waals surface area (Å²) in [6, 6.07) is 7.05. The summed E-state index contributed by atoms with van der Waals surface area (Å²) in [5.41, 5.74) is 1.19. The van der Waals surface area contributed by atoms with Gasteiger partial charge in [-0.15, -0.1) is 0 Å². The number of carbonyl (C=O) groups excluding carboxylic acids is 1. The molecule has 2 aliphatic rings. The van der Waals surface area contributed by atoms with Gasteiger partial charge < -0.3 is 14.2 Å². The molecule has 0 N–H and O–H groups in total.